The van der Waals surface area contributed by atoms with Gasteiger partial charge in [-0.25, -0.2) is 4.39 Å². The van der Waals surface area contributed by atoms with Crippen LogP contribution in [0, 0.1) is 6.92 Å². The monoisotopic (exact) mass is 334 g/mol. The Morgan fingerprint density at radius 1 is 1.46 bits per heavy atom. The molecular weight excluding hydrogens is 311 g/mol. The zero-order chi connectivity index (χ0) is 16.8. The summed E-state index contributed by atoms with van der Waals surface area (Å²) < 4.78 is 25.8. The molecule has 0 N–H and O–H groups in total. The molecule has 24 heavy (non-hydrogen) atoms. The quantitative estimate of drug-likeness (QED) is 0.847. The highest BCUT2D eigenvalue weighted by molar-refractivity contribution is 5.88. The van der Waals surface area contributed by atoms with Gasteiger partial charge >= 0.3 is 0 Å². The molecule has 0 aromatic carbocycles. The Kier molecular flexibility index (Phi) is 3.84. The molecule has 1 spiro atoms. The Balaban J connectivity index is 1.29. The number of nitrogens with zero attached hydrogens (tertiary/aromatic N) is 2. The van der Waals surface area contributed by atoms with Gasteiger partial charge < -0.3 is 14.4 Å². The van der Waals surface area contributed by atoms with Gasteiger partial charge in [0.2, 0.25) is 0 Å². The lowest BCUT2D eigenvalue weighted by atomic mass is 9.84. The summed E-state index contributed by atoms with van der Waals surface area (Å²) >= 11 is 0. The van der Waals surface area contributed by atoms with Gasteiger partial charge in [0, 0.05) is 25.4 Å². The molecule has 3 aliphatic rings. The molecule has 1 atom stereocenters. The molecule has 2 aliphatic heterocycles. The standard InChI is InChI=1S/C18H23FN2O3/c1-13-6-14(9-20-8-13)10-23-15-2-5-24-17(7-15)11-21(12-17)16(22)18(19)3-4-18/h6,8-9,15H,2-5,7,10-12H2,1H3/t15-/m1/s1. The zero-order valence-electron chi connectivity index (χ0n) is 14.0. The van der Waals surface area contributed by atoms with Crippen molar-refractivity contribution in [3.63, 3.8) is 0 Å². The molecule has 3 fully saturated rings. The number of amides is 1. The summed E-state index contributed by atoms with van der Waals surface area (Å²) in [5.41, 5.74) is 0.265. The number of aromatic nitrogens is 1. The van der Waals surface area contributed by atoms with Gasteiger partial charge in [-0.05, 0) is 37.3 Å². The normalized spacial score (nSPS) is 26.9. The number of likely N-dealkylation sites (tertiary alicyclic amines) is 1. The predicted molar refractivity (Wildman–Crippen MR) is 85.1 cm³/mol. The number of ether oxygens (including phenoxy) is 2. The maximum atomic E-state index is 13.9. The van der Waals surface area contributed by atoms with Crippen LogP contribution in [0.15, 0.2) is 18.5 Å². The number of hydrogen-bond acceptors (Lipinski definition) is 4. The Morgan fingerprint density at radius 2 is 2.25 bits per heavy atom. The Morgan fingerprint density at radius 3 is 2.96 bits per heavy atom. The van der Waals surface area contributed by atoms with Crippen molar-refractivity contribution >= 4 is 5.91 Å². The van der Waals surface area contributed by atoms with E-state index < -0.39 is 5.67 Å². The first-order valence-corrected chi connectivity index (χ1v) is 8.63. The lowest BCUT2D eigenvalue weighted by Gasteiger charge is -2.53. The van der Waals surface area contributed by atoms with Gasteiger partial charge in [-0.15, -0.1) is 0 Å². The fourth-order valence-electron chi connectivity index (χ4n) is 3.66. The Labute approximate surface area is 141 Å². The first-order chi connectivity index (χ1) is 11.5. The molecule has 2 saturated heterocycles. The molecule has 130 valence electrons. The second-order valence-corrected chi connectivity index (χ2v) is 7.45. The Bertz CT molecular complexity index is 641. The minimum atomic E-state index is -1.58. The van der Waals surface area contributed by atoms with Crippen molar-refractivity contribution < 1.29 is 18.7 Å². The molecular formula is C18H23FN2O3. The van der Waals surface area contributed by atoms with Crippen molar-refractivity contribution in [2.75, 3.05) is 19.7 Å². The summed E-state index contributed by atoms with van der Waals surface area (Å²) in [6.07, 6.45) is 6.10. The van der Waals surface area contributed by atoms with Crippen LogP contribution in [0.2, 0.25) is 0 Å². The second-order valence-electron chi connectivity index (χ2n) is 7.45. The van der Waals surface area contributed by atoms with Gasteiger partial charge in [-0.2, -0.15) is 0 Å². The average Bonchev–Trinajstić information content (AvgIpc) is 3.29. The maximum Gasteiger partial charge on any atom is 0.260 e. The van der Waals surface area contributed by atoms with Crippen LogP contribution >= 0.6 is 0 Å². The predicted octanol–water partition coefficient (Wildman–Crippen LogP) is 2.17. The van der Waals surface area contributed by atoms with Crippen molar-refractivity contribution in [2.24, 2.45) is 0 Å². The summed E-state index contributed by atoms with van der Waals surface area (Å²) in [7, 11) is 0. The summed E-state index contributed by atoms with van der Waals surface area (Å²) in [5, 5.41) is 0. The third-order valence-electron chi connectivity index (χ3n) is 5.18. The lowest BCUT2D eigenvalue weighted by Crippen LogP contribution is -2.68. The van der Waals surface area contributed by atoms with Crippen molar-refractivity contribution in [1.29, 1.82) is 0 Å². The molecule has 0 bridgehead atoms. The largest absolute Gasteiger partial charge is 0.373 e. The van der Waals surface area contributed by atoms with Crippen LogP contribution in [0.3, 0.4) is 0 Å². The van der Waals surface area contributed by atoms with E-state index in [1.807, 2.05) is 19.3 Å². The zero-order valence-corrected chi connectivity index (χ0v) is 14.0. The molecule has 1 aromatic rings. The van der Waals surface area contributed by atoms with E-state index in [9.17, 15) is 9.18 Å². The molecule has 5 nitrogen and oxygen atoms in total. The maximum absolute atomic E-state index is 13.9. The minimum absolute atomic E-state index is 0.108. The smallest absolute Gasteiger partial charge is 0.260 e. The number of carbonyl (C=O) groups is 1. The number of alkyl halides is 1. The van der Waals surface area contributed by atoms with E-state index in [-0.39, 0.29) is 17.6 Å². The summed E-state index contributed by atoms with van der Waals surface area (Å²) in [5.74, 6) is -0.356. The van der Waals surface area contributed by atoms with Crippen LogP contribution in [-0.4, -0.2) is 52.9 Å². The minimum Gasteiger partial charge on any atom is -0.373 e. The van der Waals surface area contributed by atoms with Crippen LogP contribution in [0.1, 0.15) is 36.8 Å². The van der Waals surface area contributed by atoms with Gasteiger partial charge in [-0.3, -0.25) is 9.78 Å². The van der Waals surface area contributed by atoms with Crippen molar-refractivity contribution in [3.05, 3.63) is 29.6 Å². The van der Waals surface area contributed by atoms with Crippen molar-refractivity contribution in [1.82, 2.24) is 9.88 Å². The number of hydrogen-bond donors (Lipinski definition) is 0. The molecule has 6 heteroatoms. The number of carbonyl (C=O) groups excluding carboxylic acids is 1. The van der Waals surface area contributed by atoms with Crippen LogP contribution in [-0.2, 0) is 20.9 Å². The fourth-order valence-corrected chi connectivity index (χ4v) is 3.66. The number of rotatable bonds is 4. The lowest BCUT2D eigenvalue weighted by molar-refractivity contribution is -0.205. The molecule has 0 unspecified atom stereocenters. The van der Waals surface area contributed by atoms with E-state index in [4.69, 9.17) is 9.47 Å². The van der Waals surface area contributed by atoms with E-state index in [0.29, 0.717) is 39.1 Å². The number of pyridine rings is 1. The third-order valence-corrected chi connectivity index (χ3v) is 5.18. The van der Waals surface area contributed by atoms with E-state index in [2.05, 4.69) is 11.1 Å². The Hall–Kier alpha value is -1.53. The molecule has 1 aliphatic carbocycles. The van der Waals surface area contributed by atoms with E-state index in [0.717, 1.165) is 24.0 Å². The number of halogens is 1. The molecule has 4 rings (SSSR count). The topological polar surface area (TPSA) is 51.7 Å². The molecule has 3 heterocycles. The molecule has 0 radical (unpaired) electrons. The molecule has 1 saturated carbocycles. The van der Waals surface area contributed by atoms with E-state index in [1.54, 1.807) is 4.90 Å². The van der Waals surface area contributed by atoms with E-state index in [1.165, 1.54) is 0 Å². The van der Waals surface area contributed by atoms with Crippen molar-refractivity contribution in [3.8, 4) is 0 Å². The third kappa shape index (κ3) is 3.05. The van der Waals surface area contributed by atoms with Gasteiger partial charge in [-0.1, -0.05) is 6.07 Å². The van der Waals surface area contributed by atoms with E-state index >= 15 is 0 Å². The summed E-state index contributed by atoms with van der Waals surface area (Å²) in [6, 6.07) is 2.07. The first kappa shape index (κ1) is 16.0. The number of aryl methyl sites for hydroxylation is 1. The highest BCUT2D eigenvalue weighted by Crippen LogP contribution is 2.45. The van der Waals surface area contributed by atoms with Crippen LogP contribution < -0.4 is 0 Å². The second kappa shape index (κ2) is 5.77. The first-order valence-electron chi connectivity index (χ1n) is 8.63. The average molecular weight is 334 g/mol. The van der Waals surface area contributed by atoms with Crippen LogP contribution in [0.25, 0.3) is 0 Å². The molecule has 1 aromatic heterocycles. The van der Waals surface area contributed by atoms with Crippen LogP contribution in [0.4, 0.5) is 4.39 Å². The molecule has 1 amide bonds. The SMILES string of the molecule is Cc1cncc(CO[C@@H]2CCOC3(C2)CN(C(=O)C2(F)CC2)C3)c1. The van der Waals surface area contributed by atoms with Gasteiger partial charge in [0.1, 0.15) is 5.60 Å². The summed E-state index contributed by atoms with van der Waals surface area (Å²) in [6.45, 7) is 4.15. The van der Waals surface area contributed by atoms with Gasteiger partial charge in [0.15, 0.2) is 5.67 Å². The highest BCUT2D eigenvalue weighted by Gasteiger charge is 2.58. The fraction of sp³-hybridized carbons (Fsp3) is 0.667. The van der Waals surface area contributed by atoms with Crippen molar-refractivity contribution in [2.45, 2.75) is 56.6 Å². The summed E-state index contributed by atoms with van der Waals surface area (Å²) in [4.78, 5) is 17.8. The van der Waals surface area contributed by atoms with Crippen LogP contribution in [0.5, 0.6) is 0 Å². The highest BCUT2D eigenvalue weighted by atomic mass is 19.1. The van der Waals surface area contributed by atoms with Gasteiger partial charge in [0.05, 0.1) is 25.8 Å². The van der Waals surface area contributed by atoms with Gasteiger partial charge in [0.25, 0.3) is 5.91 Å².